The lowest BCUT2D eigenvalue weighted by Gasteiger charge is -2.40. The van der Waals surface area contributed by atoms with Gasteiger partial charge in [0.05, 0.1) is 6.67 Å². The Balaban J connectivity index is 1.53. The van der Waals surface area contributed by atoms with Crippen LogP contribution >= 0.6 is 0 Å². The topological polar surface area (TPSA) is 48.5 Å². The Morgan fingerprint density at radius 1 is 1.25 bits per heavy atom. The van der Waals surface area contributed by atoms with Crippen molar-refractivity contribution in [3.63, 3.8) is 0 Å². The van der Waals surface area contributed by atoms with E-state index in [2.05, 4.69) is 27.0 Å². The maximum Gasteiger partial charge on any atom is 0.252 e. The molecule has 0 radical (unpaired) electrons. The van der Waals surface area contributed by atoms with Crippen LogP contribution in [-0.2, 0) is 0 Å². The summed E-state index contributed by atoms with van der Waals surface area (Å²) in [5.41, 5.74) is 1.81. The molecule has 2 heterocycles. The Labute approximate surface area is 143 Å². The molecule has 1 aliphatic rings. The first-order valence-corrected chi connectivity index (χ1v) is 8.38. The number of hydrogen-bond donors (Lipinski definition) is 1. The highest BCUT2D eigenvalue weighted by Crippen LogP contribution is 2.16. The van der Waals surface area contributed by atoms with Gasteiger partial charge in [0.1, 0.15) is 5.82 Å². The Hall–Kier alpha value is -2.40. The molecule has 5 heteroatoms. The minimum Gasteiger partial charge on any atom is -0.354 e. The van der Waals surface area contributed by atoms with Crippen LogP contribution < -0.4 is 10.2 Å². The van der Waals surface area contributed by atoms with Gasteiger partial charge < -0.3 is 10.2 Å². The van der Waals surface area contributed by atoms with Gasteiger partial charge in [-0.3, -0.25) is 9.69 Å². The van der Waals surface area contributed by atoms with Gasteiger partial charge in [0.15, 0.2) is 0 Å². The molecule has 1 atom stereocenters. The van der Waals surface area contributed by atoms with Crippen molar-refractivity contribution in [2.45, 2.75) is 19.9 Å². The lowest BCUT2D eigenvalue weighted by Crippen LogP contribution is -2.55. The van der Waals surface area contributed by atoms with E-state index in [1.165, 1.54) is 0 Å². The number of pyridine rings is 1. The van der Waals surface area contributed by atoms with E-state index in [1.54, 1.807) is 0 Å². The number of nitrogens with zero attached hydrogens (tertiary/aromatic N) is 3. The Kier molecular flexibility index (Phi) is 5.11. The van der Waals surface area contributed by atoms with Crippen LogP contribution in [0.2, 0.25) is 0 Å². The van der Waals surface area contributed by atoms with E-state index in [-0.39, 0.29) is 5.91 Å². The van der Waals surface area contributed by atoms with E-state index in [4.69, 9.17) is 0 Å². The van der Waals surface area contributed by atoms with E-state index < -0.39 is 0 Å². The second-order valence-corrected chi connectivity index (χ2v) is 6.33. The predicted molar refractivity (Wildman–Crippen MR) is 96.1 cm³/mol. The van der Waals surface area contributed by atoms with E-state index in [1.807, 2.05) is 55.6 Å². The zero-order valence-corrected chi connectivity index (χ0v) is 14.3. The summed E-state index contributed by atoms with van der Waals surface area (Å²) in [5, 5.41) is 3.03. The largest absolute Gasteiger partial charge is 0.354 e. The van der Waals surface area contributed by atoms with Crippen molar-refractivity contribution in [2.75, 3.05) is 31.2 Å². The number of anilines is 1. The number of benzene rings is 1. The summed E-state index contributed by atoms with van der Waals surface area (Å²) in [4.78, 5) is 21.3. The molecule has 126 valence electrons. The number of hydrogen-bond acceptors (Lipinski definition) is 4. The zero-order chi connectivity index (χ0) is 16.9. The van der Waals surface area contributed by atoms with Crippen molar-refractivity contribution < 1.29 is 4.79 Å². The van der Waals surface area contributed by atoms with Gasteiger partial charge in [-0.05, 0) is 38.1 Å². The fourth-order valence-corrected chi connectivity index (χ4v) is 3.04. The minimum atomic E-state index is -0.0157. The van der Waals surface area contributed by atoms with Gasteiger partial charge in [-0.1, -0.05) is 23.8 Å². The molecule has 0 unspecified atom stereocenters. The maximum atomic E-state index is 12.3. The lowest BCUT2D eigenvalue weighted by molar-refractivity contribution is 0.0898. The number of nitrogens with one attached hydrogen (secondary N) is 1. The summed E-state index contributed by atoms with van der Waals surface area (Å²) in [5.74, 6) is 1.01. The number of aromatic nitrogens is 1. The lowest BCUT2D eigenvalue weighted by atomic mass is 10.1. The van der Waals surface area contributed by atoms with Crippen LogP contribution in [0.25, 0.3) is 0 Å². The molecule has 1 aliphatic heterocycles. The van der Waals surface area contributed by atoms with Gasteiger partial charge in [-0.15, -0.1) is 0 Å². The summed E-state index contributed by atoms with van der Waals surface area (Å²) in [6.45, 7) is 7.50. The van der Waals surface area contributed by atoms with Gasteiger partial charge in [0.2, 0.25) is 0 Å². The summed E-state index contributed by atoms with van der Waals surface area (Å²) in [7, 11) is 0. The maximum absolute atomic E-state index is 12.3. The van der Waals surface area contributed by atoms with Crippen LogP contribution in [-0.4, -0.2) is 48.1 Å². The number of amides is 1. The first-order valence-electron chi connectivity index (χ1n) is 8.38. The summed E-state index contributed by atoms with van der Waals surface area (Å²) in [6, 6.07) is 14.0. The zero-order valence-electron chi connectivity index (χ0n) is 14.3. The number of carbonyl (C=O) groups is 1. The third-order valence-corrected chi connectivity index (χ3v) is 4.46. The third-order valence-electron chi connectivity index (χ3n) is 4.46. The highest BCUT2D eigenvalue weighted by Gasteiger charge is 2.24. The average molecular weight is 324 g/mol. The minimum absolute atomic E-state index is 0.0157. The van der Waals surface area contributed by atoms with Crippen molar-refractivity contribution in [3.8, 4) is 0 Å². The van der Waals surface area contributed by atoms with Gasteiger partial charge in [0.25, 0.3) is 5.91 Å². The Morgan fingerprint density at radius 3 is 2.83 bits per heavy atom. The molecular formula is C19H24N4O. The molecule has 0 aliphatic carbocycles. The van der Waals surface area contributed by atoms with E-state index in [0.29, 0.717) is 12.7 Å². The summed E-state index contributed by atoms with van der Waals surface area (Å²) < 4.78 is 0. The molecule has 2 aromatic rings. The summed E-state index contributed by atoms with van der Waals surface area (Å²) in [6.07, 6.45) is 1.83. The van der Waals surface area contributed by atoms with E-state index in [9.17, 15) is 4.79 Å². The molecule has 3 rings (SSSR count). The van der Waals surface area contributed by atoms with Crippen molar-refractivity contribution in [1.82, 2.24) is 15.2 Å². The normalized spacial score (nSPS) is 18.4. The molecule has 1 aromatic carbocycles. The Morgan fingerprint density at radius 2 is 2.12 bits per heavy atom. The molecular weight excluding hydrogens is 300 g/mol. The average Bonchev–Trinajstić information content (AvgIpc) is 2.61. The van der Waals surface area contributed by atoms with Crippen LogP contribution in [0.3, 0.4) is 0 Å². The van der Waals surface area contributed by atoms with Crippen LogP contribution in [0, 0.1) is 6.92 Å². The standard InChI is InChI=1S/C19H24N4O/c1-15-6-5-7-17(12-15)19(24)21-14-23-11-10-22(13-16(23)2)18-8-3-4-9-20-18/h3-9,12,16H,10-11,13-14H2,1-2H3,(H,21,24)/t16-/m0/s1. The van der Waals surface area contributed by atoms with Crippen molar-refractivity contribution in [2.24, 2.45) is 0 Å². The monoisotopic (exact) mass is 324 g/mol. The van der Waals surface area contributed by atoms with Crippen molar-refractivity contribution in [1.29, 1.82) is 0 Å². The highest BCUT2D eigenvalue weighted by molar-refractivity contribution is 5.94. The molecule has 1 N–H and O–H groups in total. The molecule has 0 bridgehead atoms. The van der Waals surface area contributed by atoms with E-state index >= 15 is 0 Å². The van der Waals surface area contributed by atoms with Crippen LogP contribution in [0.1, 0.15) is 22.8 Å². The molecule has 1 saturated heterocycles. The molecule has 1 amide bonds. The van der Waals surface area contributed by atoms with Gasteiger partial charge in [0, 0.05) is 37.4 Å². The molecule has 0 spiro atoms. The number of rotatable bonds is 4. The Bertz CT molecular complexity index is 689. The number of aryl methyl sites for hydroxylation is 1. The SMILES string of the molecule is Cc1cccc(C(=O)NCN2CCN(c3ccccn3)C[C@@H]2C)c1. The van der Waals surface area contributed by atoms with E-state index in [0.717, 1.165) is 36.6 Å². The molecule has 0 saturated carbocycles. The second kappa shape index (κ2) is 7.45. The molecule has 1 fully saturated rings. The molecule has 1 aromatic heterocycles. The quantitative estimate of drug-likeness (QED) is 0.937. The fourth-order valence-electron chi connectivity index (χ4n) is 3.04. The van der Waals surface area contributed by atoms with Crippen LogP contribution in [0.15, 0.2) is 48.7 Å². The van der Waals surface area contributed by atoms with Gasteiger partial charge in [-0.2, -0.15) is 0 Å². The first-order chi connectivity index (χ1) is 11.6. The number of carbonyl (C=O) groups excluding carboxylic acids is 1. The number of piperazine rings is 1. The fraction of sp³-hybridized carbons (Fsp3) is 0.368. The second-order valence-electron chi connectivity index (χ2n) is 6.33. The van der Waals surface area contributed by atoms with Crippen LogP contribution in [0.4, 0.5) is 5.82 Å². The first kappa shape index (κ1) is 16.5. The third kappa shape index (κ3) is 3.92. The van der Waals surface area contributed by atoms with Crippen LogP contribution in [0.5, 0.6) is 0 Å². The van der Waals surface area contributed by atoms with Gasteiger partial charge in [-0.25, -0.2) is 4.98 Å². The highest BCUT2D eigenvalue weighted by atomic mass is 16.1. The van der Waals surface area contributed by atoms with Crippen molar-refractivity contribution >= 4 is 11.7 Å². The summed E-state index contributed by atoms with van der Waals surface area (Å²) >= 11 is 0. The predicted octanol–water partition coefficient (Wildman–Crippen LogP) is 2.29. The smallest absolute Gasteiger partial charge is 0.252 e. The van der Waals surface area contributed by atoms with Crippen molar-refractivity contribution in [3.05, 3.63) is 59.8 Å². The van der Waals surface area contributed by atoms with Gasteiger partial charge >= 0.3 is 0 Å². The molecule has 24 heavy (non-hydrogen) atoms. The molecule has 5 nitrogen and oxygen atoms in total.